The number of benzene rings is 2. The number of imidazole rings is 1. The minimum atomic E-state index is 0.336. The molecule has 2 saturated heterocycles. The summed E-state index contributed by atoms with van der Waals surface area (Å²) in [5.41, 5.74) is 3.69. The highest BCUT2D eigenvalue weighted by Gasteiger charge is 2.29. The van der Waals surface area contributed by atoms with Crippen LogP contribution in [0.5, 0.6) is 5.75 Å². The van der Waals surface area contributed by atoms with Gasteiger partial charge in [-0.25, -0.2) is 4.98 Å². The van der Waals surface area contributed by atoms with Gasteiger partial charge in [0.25, 0.3) is 0 Å². The van der Waals surface area contributed by atoms with Crippen LogP contribution in [0.15, 0.2) is 48.5 Å². The van der Waals surface area contributed by atoms with E-state index >= 15 is 0 Å². The smallest absolute Gasteiger partial charge is 0.115 e. The van der Waals surface area contributed by atoms with Gasteiger partial charge in [-0.3, -0.25) is 4.90 Å². The number of phenolic OH excluding ortho intramolecular Hbond substituents is 1. The van der Waals surface area contributed by atoms with Crippen molar-refractivity contribution in [3.8, 4) is 5.75 Å². The van der Waals surface area contributed by atoms with Gasteiger partial charge in [-0.15, -0.1) is 0 Å². The molecule has 3 aromatic rings. The molecule has 2 aromatic carbocycles. The molecule has 28 heavy (non-hydrogen) atoms. The summed E-state index contributed by atoms with van der Waals surface area (Å²) in [5.74, 6) is 2.15. The Kier molecular flexibility index (Phi) is 4.79. The highest BCUT2D eigenvalue weighted by atomic mass is 16.3. The van der Waals surface area contributed by atoms with Crippen molar-refractivity contribution < 1.29 is 5.11 Å². The molecule has 146 valence electrons. The van der Waals surface area contributed by atoms with Gasteiger partial charge in [-0.2, -0.15) is 0 Å². The first-order chi connectivity index (χ1) is 13.8. The molecule has 5 nitrogen and oxygen atoms in total. The lowest BCUT2D eigenvalue weighted by molar-refractivity contribution is 0.179. The number of nitrogens with one attached hydrogen (secondary N) is 1. The normalized spacial score (nSPS) is 21.5. The van der Waals surface area contributed by atoms with E-state index < -0.39 is 0 Å². The molecule has 3 heterocycles. The van der Waals surface area contributed by atoms with Gasteiger partial charge in [0, 0.05) is 38.1 Å². The van der Waals surface area contributed by atoms with Crippen molar-refractivity contribution in [2.24, 2.45) is 0 Å². The zero-order chi connectivity index (χ0) is 18.9. The lowest BCUT2D eigenvalue weighted by atomic mass is 10.0. The van der Waals surface area contributed by atoms with Crippen LogP contribution < -0.4 is 5.32 Å². The van der Waals surface area contributed by atoms with E-state index in [0.29, 0.717) is 17.7 Å². The van der Waals surface area contributed by atoms with Crippen molar-refractivity contribution in [1.29, 1.82) is 0 Å². The lowest BCUT2D eigenvalue weighted by Gasteiger charge is -2.34. The third-order valence-corrected chi connectivity index (χ3v) is 6.31. The molecule has 2 aliphatic rings. The molecule has 0 aliphatic carbocycles. The van der Waals surface area contributed by atoms with Crippen LogP contribution in [0.3, 0.4) is 0 Å². The topological polar surface area (TPSA) is 53.3 Å². The Bertz CT molecular complexity index is 935. The van der Waals surface area contributed by atoms with Crippen molar-refractivity contribution in [2.45, 2.75) is 37.8 Å². The fourth-order valence-electron chi connectivity index (χ4n) is 4.81. The SMILES string of the molecule is Oc1ccc(CN2CCC(n3c([C@@H]4CCNC4)nc4ccccc43)CC2)cc1. The first kappa shape index (κ1) is 17.7. The second kappa shape index (κ2) is 7.57. The summed E-state index contributed by atoms with van der Waals surface area (Å²) in [7, 11) is 0. The Labute approximate surface area is 166 Å². The summed E-state index contributed by atoms with van der Waals surface area (Å²) in [6, 6.07) is 16.7. The van der Waals surface area contributed by atoms with Gasteiger partial charge in [-0.1, -0.05) is 24.3 Å². The summed E-state index contributed by atoms with van der Waals surface area (Å²) in [6.45, 7) is 5.29. The molecule has 0 radical (unpaired) electrons. The van der Waals surface area contributed by atoms with Crippen LogP contribution in [0.4, 0.5) is 0 Å². The molecule has 1 aromatic heterocycles. The second-order valence-corrected chi connectivity index (χ2v) is 8.19. The average molecular weight is 377 g/mol. The van der Waals surface area contributed by atoms with Crippen LogP contribution in [-0.4, -0.2) is 45.7 Å². The van der Waals surface area contributed by atoms with E-state index in [2.05, 4.69) is 39.0 Å². The molecule has 0 saturated carbocycles. The molecule has 0 spiro atoms. The molecule has 2 fully saturated rings. The van der Waals surface area contributed by atoms with Gasteiger partial charge in [0.05, 0.1) is 11.0 Å². The summed E-state index contributed by atoms with van der Waals surface area (Å²) < 4.78 is 2.56. The maximum absolute atomic E-state index is 9.48. The van der Waals surface area contributed by atoms with Gasteiger partial charge >= 0.3 is 0 Å². The maximum atomic E-state index is 9.48. The van der Waals surface area contributed by atoms with E-state index in [1.807, 2.05) is 12.1 Å². The fraction of sp³-hybridized carbons (Fsp3) is 0.435. The summed E-state index contributed by atoms with van der Waals surface area (Å²) in [4.78, 5) is 7.58. The van der Waals surface area contributed by atoms with Gasteiger partial charge < -0.3 is 15.0 Å². The highest BCUT2D eigenvalue weighted by molar-refractivity contribution is 5.76. The predicted octanol–water partition coefficient (Wildman–Crippen LogP) is 3.66. The van der Waals surface area contributed by atoms with E-state index in [1.54, 1.807) is 12.1 Å². The summed E-state index contributed by atoms with van der Waals surface area (Å²) in [6.07, 6.45) is 3.50. The number of fused-ring (bicyclic) bond motifs is 1. The van der Waals surface area contributed by atoms with Crippen molar-refractivity contribution >= 4 is 11.0 Å². The number of nitrogens with zero attached hydrogens (tertiary/aromatic N) is 3. The van der Waals surface area contributed by atoms with Crippen LogP contribution in [-0.2, 0) is 6.54 Å². The highest BCUT2D eigenvalue weighted by Crippen LogP contribution is 2.33. The third kappa shape index (κ3) is 3.40. The Morgan fingerprint density at radius 1 is 1.00 bits per heavy atom. The minimum absolute atomic E-state index is 0.336. The molecule has 5 heteroatoms. The van der Waals surface area contributed by atoms with Crippen molar-refractivity contribution in [3.05, 3.63) is 59.9 Å². The molecular weight excluding hydrogens is 348 g/mol. The second-order valence-electron chi connectivity index (χ2n) is 8.19. The van der Waals surface area contributed by atoms with Crippen LogP contribution >= 0.6 is 0 Å². The van der Waals surface area contributed by atoms with Gasteiger partial charge in [-0.05, 0) is 55.6 Å². The molecule has 2 aliphatic heterocycles. The number of hydrogen-bond donors (Lipinski definition) is 2. The third-order valence-electron chi connectivity index (χ3n) is 6.31. The number of rotatable bonds is 4. The minimum Gasteiger partial charge on any atom is -0.508 e. The number of likely N-dealkylation sites (tertiary alicyclic amines) is 1. The average Bonchev–Trinajstić information content (AvgIpc) is 3.38. The monoisotopic (exact) mass is 376 g/mol. The lowest BCUT2D eigenvalue weighted by Crippen LogP contribution is -2.34. The Hall–Kier alpha value is -2.37. The van der Waals surface area contributed by atoms with Gasteiger partial charge in [0.2, 0.25) is 0 Å². The standard InChI is InChI=1S/C23H28N4O/c28-20-7-5-17(6-8-20)16-26-13-10-19(11-14-26)27-22-4-2-1-3-21(22)25-23(27)18-9-12-24-15-18/h1-8,18-19,24,28H,9-16H2/t18-/m1/s1. The summed E-state index contributed by atoms with van der Waals surface area (Å²) in [5, 5.41) is 13.0. The quantitative estimate of drug-likeness (QED) is 0.730. The molecule has 0 unspecified atom stereocenters. The van der Waals surface area contributed by atoms with Crippen LogP contribution in [0.25, 0.3) is 11.0 Å². The van der Waals surface area contributed by atoms with E-state index in [4.69, 9.17) is 4.98 Å². The predicted molar refractivity (Wildman–Crippen MR) is 112 cm³/mol. The first-order valence-electron chi connectivity index (χ1n) is 10.5. The molecule has 2 N–H and O–H groups in total. The van der Waals surface area contributed by atoms with Crippen molar-refractivity contribution in [2.75, 3.05) is 26.2 Å². The maximum Gasteiger partial charge on any atom is 0.115 e. The number of aromatic hydroxyl groups is 1. The van der Waals surface area contributed by atoms with Gasteiger partial charge in [0.1, 0.15) is 11.6 Å². The summed E-state index contributed by atoms with van der Waals surface area (Å²) >= 11 is 0. The zero-order valence-corrected chi connectivity index (χ0v) is 16.2. The number of piperidine rings is 1. The van der Waals surface area contributed by atoms with E-state index in [1.165, 1.54) is 23.3 Å². The zero-order valence-electron chi connectivity index (χ0n) is 16.2. The molecule has 0 bridgehead atoms. The first-order valence-corrected chi connectivity index (χ1v) is 10.5. The Morgan fingerprint density at radius 2 is 1.79 bits per heavy atom. The van der Waals surface area contributed by atoms with Crippen LogP contribution in [0.2, 0.25) is 0 Å². The molecule has 5 rings (SSSR count). The fourth-order valence-corrected chi connectivity index (χ4v) is 4.81. The largest absolute Gasteiger partial charge is 0.508 e. The van der Waals surface area contributed by atoms with E-state index in [-0.39, 0.29) is 0 Å². The van der Waals surface area contributed by atoms with Crippen molar-refractivity contribution in [1.82, 2.24) is 19.8 Å². The number of para-hydroxylation sites is 2. The molecule has 0 amide bonds. The van der Waals surface area contributed by atoms with Crippen LogP contribution in [0.1, 0.15) is 42.6 Å². The van der Waals surface area contributed by atoms with E-state index in [0.717, 1.165) is 51.1 Å². The van der Waals surface area contributed by atoms with E-state index in [9.17, 15) is 5.11 Å². The molecule has 1 atom stereocenters. The Morgan fingerprint density at radius 3 is 2.54 bits per heavy atom. The number of phenols is 1. The van der Waals surface area contributed by atoms with Crippen LogP contribution in [0, 0.1) is 0 Å². The molecular formula is C23H28N4O. The van der Waals surface area contributed by atoms with Crippen molar-refractivity contribution in [3.63, 3.8) is 0 Å². The Balaban J connectivity index is 1.35. The number of hydrogen-bond acceptors (Lipinski definition) is 4. The van der Waals surface area contributed by atoms with Gasteiger partial charge in [0.15, 0.2) is 0 Å². The number of aromatic nitrogens is 2.